The Morgan fingerprint density at radius 3 is 2.00 bits per heavy atom. The Morgan fingerprint density at radius 1 is 1.00 bits per heavy atom. The summed E-state index contributed by atoms with van der Waals surface area (Å²) < 4.78 is 13.6. The Morgan fingerprint density at radius 2 is 1.54 bits per heavy atom. The van der Waals surface area contributed by atoms with Crippen molar-refractivity contribution in [2.24, 2.45) is 0 Å². The van der Waals surface area contributed by atoms with Crippen molar-refractivity contribution in [3.63, 3.8) is 0 Å². The molecule has 7 heteroatoms. The molecule has 0 amide bonds. The Balaban J connectivity index is 2.68. The summed E-state index contributed by atoms with van der Waals surface area (Å²) in [5.41, 5.74) is 0. The molecule has 1 aromatic carbocycles. The maximum atomic E-state index is 5.62. The number of rotatable bonds is 4. The van der Waals surface area contributed by atoms with Crippen LogP contribution in [0.5, 0.6) is 5.75 Å². The van der Waals surface area contributed by atoms with Crippen LogP contribution in [-0.4, -0.2) is 0 Å². The molecule has 72 valence electrons. The van der Waals surface area contributed by atoms with Crippen LogP contribution in [0.4, 0.5) is 0 Å². The molecule has 0 aliphatic heterocycles. The van der Waals surface area contributed by atoms with Crippen molar-refractivity contribution in [2.75, 3.05) is 0 Å². The Kier molecular flexibility index (Phi) is 4.53. The molecule has 0 aliphatic rings. The first-order valence-electron chi connectivity index (χ1n) is 3.14. The third kappa shape index (κ3) is 3.47. The van der Waals surface area contributed by atoms with E-state index >= 15 is 0 Å². The van der Waals surface area contributed by atoms with E-state index < -0.39 is 7.30 Å². The van der Waals surface area contributed by atoms with Gasteiger partial charge in [-0.05, 0) is 20.3 Å². The summed E-state index contributed by atoms with van der Waals surface area (Å²) in [5.74, 6) is 0.465. The molecule has 0 spiro atoms. The summed E-state index contributed by atoms with van der Waals surface area (Å²) in [4.78, 5) is 0. The van der Waals surface area contributed by atoms with Gasteiger partial charge in [-0.25, -0.2) is 0 Å². The van der Waals surface area contributed by atoms with Crippen LogP contribution in [0.2, 0.25) is 0 Å². The summed E-state index contributed by atoms with van der Waals surface area (Å²) in [6, 6.07) is 8.69. The van der Waals surface area contributed by atoms with Gasteiger partial charge in [0.25, 0.3) is 0 Å². The third-order valence-corrected chi connectivity index (χ3v) is 4.02. The first-order chi connectivity index (χ1) is 6.20. The highest BCUT2D eigenvalue weighted by molar-refractivity contribution is 7.89. The van der Waals surface area contributed by atoms with Crippen LogP contribution < -0.4 is 4.52 Å². The lowest BCUT2D eigenvalue weighted by atomic mass is 10.3. The van der Waals surface area contributed by atoms with Crippen LogP contribution in [0.3, 0.4) is 0 Å². The summed E-state index contributed by atoms with van der Waals surface area (Å²) in [6.07, 6.45) is 0. The minimum atomic E-state index is -3.15. The largest absolute Gasteiger partial charge is 0.604 e. The molecule has 0 aliphatic carbocycles. The molecule has 0 fully saturated rings. The van der Waals surface area contributed by atoms with E-state index in [0.717, 1.165) is 0 Å². The van der Waals surface area contributed by atoms with Gasteiger partial charge < -0.3 is 0 Å². The van der Waals surface area contributed by atoms with Crippen molar-refractivity contribution < 1.29 is 12.7 Å². The standard InChI is InChI=1S/C6H5Cl3O3P/c7-11-13(9,12-8)10-6-4-2-1-3-5-6/h1-5H/q+1. The van der Waals surface area contributed by atoms with Crippen LogP contribution in [0, 0.1) is 0 Å². The van der Waals surface area contributed by atoms with Gasteiger partial charge in [0, 0.05) is 0 Å². The zero-order valence-corrected chi connectivity index (χ0v) is 9.35. The van der Waals surface area contributed by atoms with Crippen LogP contribution >= 0.6 is 42.3 Å². The van der Waals surface area contributed by atoms with Crippen LogP contribution in [0.1, 0.15) is 0 Å². The normalized spacial score (nSPS) is 11.3. The highest BCUT2D eigenvalue weighted by Gasteiger charge is 2.48. The van der Waals surface area contributed by atoms with Gasteiger partial charge in [0.2, 0.25) is 11.2 Å². The zero-order chi connectivity index (χ0) is 9.73. The highest BCUT2D eigenvalue weighted by atomic mass is 35.7. The molecule has 0 unspecified atom stereocenters. The van der Waals surface area contributed by atoms with Crippen molar-refractivity contribution in [2.45, 2.75) is 0 Å². The zero-order valence-electron chi connectivity index (χ0n) is 6.19. The summed E-state index contributed by atoms with van der Waals surface area (Å²) >= 11 is 15.7. The second-order valence-electron chi connectivity index (χ2n) is 1.97. The van der Waals surface area contributed by atoms with Gasteiger partial charge in [0.15, 0.2) is 5.75 Å². The molecule has 0 aromatic heterocycles. The second-order valence-corrected chi connectivity index (χ2v) is 5.36. The minimum Gasteiger partial charge on any atom is -0.269 e. The van der Waals surface area contributed by atoms with Crippen molar-refractivity contribution in [3.05, 3.63) is 30.3 Å². The molecule has 0 heterocycles. The Hall–Kier alpha value is 0.240. The Labute approximate surface area is 91.2 Å². The van der Waals surface area contributed by atoms with Gasteiger partial charge in [-0.1, -0.05) is 18.2 Å². The predicted molar refractivity (Wildman–Crippen MR) is 53.7 cm³/mol. The highest BCUT2D eigenvalue weighted by Crippen LogP contribution is 2.68. The number of para-hydroxylation sites is 1. The van der Waals surface area contributed by atoms with E-state index in [9.17, 15) is 0 Å². The molecular weight excluding hydrogens is 257 g/mol. The molecule has 0 radical (unpaired) electrons. The van der Waals surface area contributed by atoms with E-state index in [-0.39, 0.29) is 0 Å². The van der Waals surface area contributed by atoms with Gasteiger partial charge in [-0.15, -0.1) is 0 Å². The molecule has 1 aromatic rings. The fourth-order valence-electron chi connectivity index (χ4n) is 0.646. The molecule has 0 atom stereocenters. The fraction of sp³-hybridized carbons (Fsp3) is 0. The lowest BCUT2D eigenvalue weighted by Crippen LogP contribution is -1.94. The summed E-state index contributed by atoms with van der Waals surface area (Å²) in [7, 11) is -3.15. The van der Waals surface area contributed by atoms with Gasteiger partial charge in [0.05, 0.1) is 0 Å². The topological polar surface area (TPSA) is 27.7 Å². The summed E-state index contributed by atoms with van der Waals surface area (Å²) in [6.45, 7) is 0. The van der Waals surface area contributed by atoms with E-state index in [1.54, 1.807) is 24.3 Å². The van der Waals surface area contributed by atoms with Gasteiger partial charge in [0.1, 0.15) is 23.7 Å². The first kappa shape index (κ1) is 11.3. The minimum absolute atomic E-state index is 0.465. The van der Waals surface area contributed by atoms with Gasteiger partial charge in [-0.2, -0.15) is 0 Å². The van der Waals surface area contributed by atoms with Crippen molar-refractivity contribution >= 4 is 42.3 Å². The Bertz CT molecular complexity index is 255. The molecular formula is C6H5Cl3O3P+. The van der Waals surface area contributed by atoms with Crippen LogP contribution in [-0.2, 0) is 8.15 Å². The average molecular weight is 262 g/mol. The van der Waals surface area contributed by atoms with E-state index in [1.807, 2.05) is 6.07 Å². The monoisotopic (exact) mass is 261 g/mol. The molecule has 1 rings (SSSR count). The fourth-order valence-corrected chi connectivity index (χ4v) is 1.76. The average Bonchev–Trinajstić information content (AvgIpc) is 2.19. The second kappa shape index (κ2) is 5.20. The third-order valence-electron chi connectivity index (χ3n) is 1.12. The SMILES string of the molecule is ClO[P+](Cl)(OCl)Oc1ccccc1. The lowest BCUT2D eigenvalue weighted by molar-refractivity contribution is 0.408. The van der Waals surface area contributed by atoms with Gasteiger partial charge >= 0.3 is 7.30 Å². The van der Waals surface area contributed by atoms with Crippen molar-refractivity contribution in [1.82, 2.24) is 0 Å². The maximum absolute atomic E-state index is 5.62. The van der Waals surface area contributed by atoms with Crippen LogP contribution in [0.15, 0.2) is 30.3 Å². The molecule has 3 nitrogen and oxygen atoms in total. The van der Waals surface area contributed by atoms with E-state index in [1.165, 1.54) is 0 Å². The molecule has 0 bridgehead atoms. The number of halogens is 3. The van der Waals surface area contributed by atoms with Crippen molar-refractivity contribution in [3.8, 4) is 5.75 Å². The molecule has 0 saturated carbocycles. The van der Waals surface area contributed by atoms with E-state index in [0.29, 0.717) is 5.75 Å². The first-order valence-corrected chi connectivity index (χ1v) is 6.21. The number of benzene rings is 1. The van der Waals surface area contributed by atoms with Crippen molar-refractivity contribution in [1.29, 1.82) is 0 Å². The van der Waals surface area contributed by atoms with E-state index in [4.69, 9.17) is 39.5 Å². The molecule has 0 saturated heterocycles. The van der Waals surface area contributed by atoms with Gasteiger partial charge in [-0.3, -0.25) is 4.52 Å². The smallest absolute Gasteiger partial charge is 0.269 e. The molecule has 13 heavy (non-hydrogen) atoms. The number of hydrogen-bond acceptors (Lipinski definition) is 3. The molecule has 0 N–H and O–H groups in total. The van der Waals surface area contributed by atoms with E-state index in [2.05, 4.69) is 8.15 Å². The maximum Gasteiger partial charge on any atom is 0.604 e. The summed E-state index contributed by atoms with van der Waals surface area (Å²) in [5, 5.41) is 0. The lowest BCUT2D eigenvalue weighted by Gasteiger charge is -2.06. The number of hydrogen-bond donors (Lipinski definition) is 0. The quantitative estimate of drug-likeness (QED) is 0.756. The van der Waals surface area contributed by atoms with Crippen LogP contribution in [0.25, 0.3) is 0 Å². The predicted octanol–water partition coefficient (Wildman–Crippen LogP) is 4.32.